The van der Waals surface area contributed by atoms with Crippen LogP contribution >= 0.6 is 0 Å². The lowest BCUT2D eigenvalue weighted by Crippen LogP contribution is -2.66. The summed E-state index contributed by atoms with van der Waals surface area (Å²) in [7, 11) is 0. The molecule has 10 atom stereocenters. The van der Waals surface area contributed by atoms with Gasteiger partial charge in [-0.05, 0) is 120 Å². The van der Waals surface area contributed by atoms with Gasteiger partial charge >= 0.3 is 5.97 Å². The Bertz CT molecular complexity index is 831. The first-order valence-electron chi connectivity index (χ1n) is 14.3. The highest BCUT2D eigenvalue weighted by Gasteiger charge is 2.71. The van der Waals surface area contributed by atoms with E-state index in [9.17, 15) is 4.79 Å². The number of esters is 1. The Kier molecular flexibility index (Phi) is 5.15. The summed E-state index contributed by atoms with van der Waals surface area (Å²) in [6.45, 7) is 22.4. The van der Waals surface area contributed by atoms with E-state index in [0.717, 1.165) is 18.3 Å². The number of ether oxygens (including phenoxy) is 1. The topological polar surface area (TPSA) is 26.3 Å². The Labute approximate surface area is 204 Å². The van der Waals surface area contributed by atoms with Gasteiger partial charge in [-0.15, -0.1) is 0 Å². The van der Waals surface area contributed by atoms with Gasteiger partial charge in [-0.1, -0.05) is 55.4 Å². The zero-order valence-electron chi connectivity index (χ0n) is 23.3. The molecule has 188 valence electrons. The first kappa shape index (κ1) is 24.2. The predicted octanol–water partition coefficient (Wildman–Crippen LogP) is 8.43. The number of carbonyl (C=O) groups is 1. The molecule has 0 heterocycles. The molecule has 0 aromatic rings. The second kappa shape index (κ2) is 7.03. The first-order chi connectivity index (χ1) is 15.1. The van der Waals surface area contributed by atoms with Crippen LogP contribution in [-0.2, 0) is 9.53 Å². The summed E-state index contributed by atoms with van der Waals surface area (Å²) >= 11 is 0. The molecule has 0 aliphatic heterocycles. The van der Waals surface area contributed by atoms with Crippen LogP contribution in [0.15, 0.2) is 0 Å². The Balaban J connectivity index is 1.51. The van der Waals surface area contributed by atoms with Crippen LogP contribution in [0.1, 0.15) is 127 Å². The Hall–Kier alpha value is -0.530. The standard InChI is InChI=1S/C31H52O2/c1-20-22(33-21(2)32)18-24-28(20,6)11-10-23-29(24,7)15-17-31(9)25-19-26(3,4)12-13-27(25,5)14-16-30(23,31)8/h20,22-25H,10-19H2,1-9H3/t20-,22-,23-,24+,25-,27+,28+,29+,30+,31+/m0/s1. The van der Waals surface area contributed by atoms with E-state index in [2.05, 4.69) is 55.4 Å². The molecule has 33 heavy (non-hydrogen) atoms. The van der Waals surface area contributed by atoms with Crippen molar-refractivity contribution in [3.05, 3.63) is 0 Å². The fraction of sp³-hybridized carbons (Fsp3) is 0.968. The van der Waals surface area contributed by atoms with Crippen LogP contribution in [-0.4, -0.2) is 12.1 Å². The number of fused-ring (bicyclic) bond motifs is 7. The van der Waals surface area contributed by atoms with Gasteiger partial charge < -0.3 is 4.74 Å². The van der Waals surface area contributed by atoms with E-state index in [0.29, 0.717) is 44.3 Å². The van der Waals surface area contributed by atoms with E-state index < -0.39 is 0 Å². The molecule has 5 fully saturated rings. The SMILES string of the molecule is CC(=O)O[C@H]1C[C@@H]2[C@](C)(CC[C@H]3[C@@]2(C)CC[C@]2(C)[C@H]4CC(C)(C)CC[C@]4(C)CC[C@]32C)[C@H]1C. The van der Waals surface area contributed by atoms with Crippen molar-refractivity contribution in [2.75, 3.05) is 0 Å². The quantitative estimate of drug-likeness (QED) is 0.370. The summed E-state index contributed by atoms with van der Waals surface area (Å²) in [5.74, 6) is 2.73. The number of hydrogen-bond acceptors (Lipinski definition) is 2. The number of carbonyl (C=O) groups excluding carboxylic acids is 1. The molecule has 0 N–H and O–H groups in total. The molecule has 0 spiro atoms. The lowest BCUT2D eigenvalue weighted by atomic mass is 9.31. The monoisotopic (exact) mass is 456 g/mol. The summed E-state index contributed by atoms with van der Waals surface area (Å²) in [4.78, 5) is 11.9. The van der Waals surface area contributed by atoms with Crippen LogP contribution in [0, 0.1) is 56.2 Å². The molecule has 5 aliphatic carbocycles. The minimum absolute atomic E-state index is 0.0922. The van der Waals surface area contributed by atoms with Crippen molar-refractivity contribution in [3.63, 3.8) is 0 Å². The van der Waals surface area contributed by atoms with Crippen molar-refractivity contribution in [2.45, 2.75) is 133 Å². The minimum atomic E-state index is -0.0922. The molecule has 0 aromatic carbocycles. The molecule has 0 radical (unpaired) electrons. The zero-order chi connectivity index (χ0) is 24.2. The van der Waals surface area contributed by atoms with Gasteiger partial charge in [0.2, 0.25) is 0 Å². The first-order valence-corrected chi connectivity index (χ1v) is 14.3. The molecule has 5 rings (SSSR count). The highest BCUT2D eigenvalue weighted by molar-refractivity contribution is 5.66. The molecule has 5 saturated carbocycles. The maximum Gasteiger partial charge on any atom is 0.302 e. The van der Waals surface area contributed by atoms with Gasteiger partial charge in [0.05, 0.1) is 0 Å². The zero-order valence-corrected chi connectivity index (χ0v) is 23.3. The van der Waals surface area contributed by atoms with Crippen LogP contribution in [0.4, 0.5) is 0 Å². The van der Waals surface area contributed by atoms with Crippen molar-refractivity contribution in [3.8, 4) is 0 Å². The third-order valence-electron chi connectivity index (χ3n) is 14.0. The molecule has 0 amide bonds. The van der Waals surface area contributed by atoms with Crippen molar-refractivity contribution < 1.29 is 9.53 Å². The van der Waals surface area contributed by atoms with Gasteiger partial charge in [-0.3, -0.25) is 4.79 Å². The van der Waals surface area contributed by atoms with Gasteiger partial charge in [-0.25, -0.2) is 0 Å². The summed E-state index contributed by atoms with van der Waals surface area (Å²) in [6, 6.07) is 0. The van der Waals surface area contributed by atoms with E-state index in [1.54, 1.807) is 6.92 Å². The summed E-state index contributed by atoms with van der Waals surface area (Å²) < 4.78 is 5.92. The second-order valence-corrected chi connectivity index (χ2v) is 15.7. The molecular formula is C31H52O2. The van der Waals surface area contributed by atoms with Crippen molar-refractivity contribution in [1.29, 1.82) is 0 Å². The fourth-order valence-corrected chi connectivity index (χ4v) is 11.4. The van der Waals surface area contributed by atoms with Crippen LogP contribution in [0.5, 0.6) is 0 Å². The van der Waals surface area contributed by atoms with Gasteiger partial charge in [0.15, 0.2) is 0 Å². The van der Waals surface area contributed by atoms with Gasteiger partial charge in [-0.2, -0.15) is 0 Å². The third-order valence-corrected chi connectivity index (χ3v) is 14.0. The maximum atomic E-state index is 11.9. The lowest BCUT2D eigenvalue weighted by Gasteiger charge is -2.74. The Morgan fingerprint density at radius 3 is 2.00 bits per heavy atom. The molecule has 2 heteroatoms. The van der Waals surface area contributed by atoms with Gasteiger partial charge in [0, 0.05) is 6.92 Å². The van der Waals surface area contributed by atoms with Crippen LogP contribution in [0.3, 0.4) is 0 Å². The van der Waals surface area contributed by atoms with Crippen molar-refractivity contribution >= 4 is 5.97 Å². The summed E-state index contributed by atoms with van der Waals surface area (Å²) in [5.41, 5.74) is 2.61. The minimum Gasteiger partial charge on any atom is -0.462 e. The van der Waals surface area contributed by atoms with Crippen molar-refractivity contribution in [2.24, 2.45) is 56.2 Å². The highest BCUT2D eigenvalue weighted by atomic mass is 16.5. The lowest BCUT2D eigenvalue weighted by molar-refractivity contribution is -0.248. The van der Waals surface area contributed by atoms with Gasteiger partial charge in [0.25, 0.3) is 0 Å². The molecular weight excluding hydrogens is 404 g/mol. The second-order valence-electron chi connectivity index (χ2n) is 15.7. The average molecular weight is 457 g/mol. The van der Waals surface area contributed by atoms with Crippen LogP contribution in [0.25, 0.3) is 0 Å². The van der Waals surface area contributed by atoms with E-state index in [4.69, 9.17) is 4.74 Å². The number of rotatable bonds is 1. The molecule has 0 saturated heterocycles. The van der Waals surface area contributed by atoms with Gasteiger partial charge in [0.1, 0.15) is 6.10 Å². The van der Waals surface area contributed by atoms with E-state index in [-0.39, 0.29) is 12.1 Å². The molecule has 2 nitrogen and oxygen atoms in total. The maximum absolute atomic E-state index is 11.9. The smallest absolute Gasteiger partial charge is 0.302 e. The normalized spacial score (nSPS) is 57.3. The van der Waals surface area contributed by atoms with Crippen LogP contribution in [0.2, 0.25) is 0 Å². The molecule has 0 bridgehead atoms. The molecule has 0 aromatic heterocycles. The predicted molar refractivity (Wildman–Crippen MR) is 136 cm³/mol. The van der Waals surface area contributed by atoms with E-state index in [1.807, 2.05) is 0 Å². The van der Waals surface area contributed by atoms with Crippen molar-refractivity contribution in [1.82, 2.24) is 0 Å². The van der Waals surface area contributed by atoms with E-state index in [1.165, 1.54) is 57.8 Å². The molecule has 5 aliphatic rings. The summed E-state index contributed by atoms with van der Waals surface area (Å²) in [5, 5.41) is 0. The Morgan fingerprint density at radius 1 is 0.727 bits per heavy atom. The molecule has 0 unspecified atom stereocenters. The number of hydrogen-bond donors (Lipinski definition) is 0. The average Bonchev–Trinajstić information content (AvgIpc) is 2.97. The van der Waals surface area contributed by atoms with Crippen LogP contribution < -0.4 is 0 Å². The summed E-state index contributed by atoms with van der Waals surface area (Å²) in [6.07, 6.45) is 13.8. The highest BCUT2D eigenvalue weighted by Crippen LogP contribution is 2.78. The Morgan fingerprint density at radius 2 is 1.33 bits per heavy atom. The van der Waals surface area contributed by atoms with E-state index >= 15 is 0 Å². The fourth-order valence-electron chi connectivity index (χ4n) is 11.4. The largest absolute Gasteiger partial charge is 0.462 e. The third kappa shape index (κ3) is 3.06.